The second-order valence-corrected chi connectivity index (χ2v) is 14.1. The minimum Gasteiger partial charge on any atom is -0.0622 e. The van der Waals surface area contributed by atoms with Crippen molar-refractivity contribution in [3.63, 3.8) is 0 Å². The van der Waals surface area contributed by atoms with Gasteiger partial charge in [-0.15, -0.1) is 0 Å². The minimum atomic E-state index is 1.26. The summed E-state index contributed by atoms with van der Waals surface area (Å²) >= 11 is 0. The maximum atomic E-state index is 2.34. The van der Waals surface area contributed by atoms with Crippen molar-refractivity contribution in [1.29, 1.82) is 0 Å². The normalized spacial score (nSPS) is 10.4. The van der Waals surface area contributed by atoms with Crippen LogP contribution < -0.4 is 0 Å². The van der Waals surface area contributed by atoms with Crippen molar-refractivity contribution in [2.75, 3.05) is 0 Å². The minimum absolute atomic E-state index is 1.26. The summed E-state index contributed by atoms with van der Waals surface area (Å²) in [6.45, 7) is 13.0. The number of hydrogen-bond donors (Lipinski definition) is 0. The predicted molar refractivity (Wildman–Crippen MR) is 235 cm³/mol. The molecule has 0 amide bonds. The molecule has 0 bridgehead atoms. The van der Waals surface area contributed by atoms with E-state index in [4.69, 9.17) is 0 Å². The van der Waals surface area contributed by atoms with Gasteiger partial charge in [-0.3, -0.25) is 0 Å². The molecule has 0 aliphatic heterocycles. The Labute approximate surface area is 323 Å². The molecule has 0 aliphatic carbocycles. The Morgan fingerprint density at radius 1 is 0.204 bits per heavy atom. The third-order valence-electron chi connectivity index (χ3n) is 10.1. The Morgan fingerprint density at radius 3 is 0.944 bits per heavy atom. The van der Waals surface area contributed by atoms with E-state index in [-0.39, 0.29) is 0 Å². The molecule has 0 heterocycles. The summed E-state index contributed by atoms with van der Waals surface area (Å²) in [4.78, 5) is 0. The molecule has 0 spiro atoms. The zero-order valence-corrected chi connectivity index (χ0v) is 32.5. The first-order valence-corrected chi connectivity index (χ1v) is 18.9. The Morgan fingerprint density at radius 2 is 0.519 bits per heavy atom. The van der Waals surface area contributed by atoms with Crippen LogP contribution in [-0.4, -0.2) is 0 Å². The van der Waals surface area contributed by atoms with Crippen molar-refractivity contribution in [2.24, 2.45) is 0 Å². The smallest absolute Gasteiger partial charge is 0.0146 e. The van der Waals surface area contributed by atoms with E-state index in [0.717, 1.165) is 0 Å². The molecule has 0 saturated heterocycles. The lowest BCUT2D eigenvalue weighted by atomic mass is 9.90. The van der Waals surface area contributed by atoms with Crippen LogP contribution in [0.2, 0.25) is 0 Å². The van der Waals surface area contributed by atoms with Crippen molar-refractivity contribution in [2.45, 2.75) is 41.5 Å². The zero-order chi connectivity index (χ0) is 37.9. The van der Waals surface area contributed by atoms with Crippen LogP contribution in [0.3, 0.4) is 0 Å². The van der Waals surface area contributed by atoms with Gasteiger partial charge in [0.2, 0.25) is 0 Å². The van der Waals surface area contributed by atoms with E-state index in [9.17, 15) is 0 Å². The fourth-order valence-electron chi connectivity index (χ4n) is 6.82. The second-order valence-electron chi connectivity index (χ2n) is 14.1. The molecule has 0 heteroatoms. The molecule has 0 aliphatic rings. The summed E-state index contributed by atoms with van der Waals surface area (Å²) in [5, 5.41) is 0. The summed E-state index contributed by atoms with van der Waals surface area (Å²) in [5.41, 5.74) is 20.8. The molecule has 8 rings (SSSR count). The molecule has 0 saturated carbocycles. The molecule has 8 aromatic carbocycles. The van der Waals surface area contributed by atoms with Gasteiger partial charge >= 0.3 is 0 Å². The first-order chi connectivity index (χ1) is 26.3. The van der Waals surface area contributed by atoms with E-state index in [1.165, 1.54) is 89.0 Å². The Kier molecular flexibility index (Phi) is 12.5. The van der Waals surface area contributed by atoms with E-state index in [1.807, 2.05) is 12.1 Å². The van der Waals surface area contributed by atoms with E-state index < -0.39 is 0 Å². The van der Waals surface area contributed by atoms with Crippen LogP contribution in [0.15, 0.2) is 194 Å². The highest BCUT2D eigenvalue weighted by Crippen LogP contribution is 2.35. The van der Waals surface area contributed by atoms with Gasteiger partial charge in [-0.1, -0.05) is 188 Å². The molecule has 0 radical (unpaired) electrons. The fraction of sp³-hybridized carbons (Fsp3) is 0.111. The molecule has 266 valence electrons. The van der Waals surface area contributed by atoms with Gasteiger partial charge in [0.1, 0.15) is 0 Å². The third kappa shape index (κ3) is 9.40. The lowest BCUT2D eigenvalue weighted by molar-refractivity contribution is 1.39. The number of hydrogen-bond acceptors (Lipinski definition) is 0. The predicted octanol–water partition coefficient (Wildman–Crippen LogP) is 15.2. The molecule has 0 N–H and O–H groups in total. The van der Waals surface area contributed by atoms with Crippen molar-refractivity contribution in [3.8, 4) is 55.6 Å². The van der Waals surface area contributed by atoms with E-state index in [2.05, 4.69) is 224 Å². The topological polar surface area (TPSA) is 0 Å². The SMILES string of the molecule is Cc1ccc(-c2ccccc2)cc1.Cc1ccccc1-c1cc(-c2ccc(C)c(-c3ccccc3C)c2)ccc1C.Cc1ccccc1-c1ccccc1. The van der Waals surface area contributed by atoms with Gasteiger partial charge < -0.3 is 0 Å². The summed E-state index contributed by atoms with van der Waals surface area (Å²) < 4.78 is 0. The van der Waals surface area contributed by atoms with Crippen molar-refractivity contribution in [3.05, 3.63) is 228 Å². The first kappa shape index (κ1) is 37.5. The molecule has 0 aromatic heterocycles. The van der Waals surface area contributed by atoms with Crippen molar-refractivity contribution >= 4 is 0 Å². The van der Waals surface area contributed by atoms with Crippen LogP contribution in [0.4, 0.5) is 0 Å². The van der Waals surface area contributed by atoms with Gasteiger partial charge in [0.05, 0.1) is 0 Å². The standard InChI is InChI=1S/C28H26.2C13H12/c1-19-9-5-7-11-25(19)27-17-23(15-13-21(27)3)24-16-14-22(4)28(18-24)26-12-8-6-10-20(26)2;1-11-7-5-6-10-13(11)12-8-3-2-4-9-12;1-11-7-9-13(10-8-11)12-5-3-2-4-6-12/h5-18H,1-4H3;2*2-10H,1H3. The van der Waals surface area contributed by atoms with Crippen LogP contribution in [0.1, 0.15) is 33.4 Å². The summed E-state index contributed by atoms with van der Waals surface area (Å²) in [5.74, 6) is 0. The average Bonchev–Trinajstić information content (AvgIpc) is 3.21. The van der Waals surface area contributed by atoms with Crippen LogP contribution in [-0.2, 0) is 0 Å². The summed E-state index contributed by atoms with van der Waals surface area (Å²) in [6.07, 6.45) is 0. The van der Waals surface area contributed by atoms with Gasteiger partial charge in [0.15, 0.2) is 0 Å². The average molecular weight is 699 g/mol. The Balaban J connectivity index is 0.000000158. The van der Waals surface area contributed by atoms with Gasteiger partial charge in [-0.2, -0.15) is 0 Å². The third-order valence-corrected chi connectivity index (χ3v) is 10.1. The van der Waals surface area contributed by atoms with Crippen LogP contribution >= 0.6 is 0 Å². The largest absolute Gasteiger partial charge is 0.0622 e. The van der Waals surface area contributed by atoms with E-state index >= 15 is 0 Å². The zero-order valence-electron chi connectivity index (χ0n) is 32.5. The lowest BCUT2D eigenvalue weighted by Gasteiger charge is -2.14. The van der Waals surface area contributed by atoms with Gasteiger partial charge in [-0.25, -0.2) is 0 Å². The molecule has 0 nitrogen and oxygen atoms in total. The highest BCUT2D eigenvalue weighted by Gasteiger charge is 2.10. The molecule has 0 atom stereocenters. The maximum Gasteiger partial charge on any atom is -0.0146 e. The van der Waals surface area contributed by atoms with Crippen molar-refractivity contribution in [1.82, 2.24) is 0 Å². The lowest BCUT2D eigenvalue weighted by Crippen LogP contribution is -1.91. The summed E-state index contributed by atoms with van der Waals surface area (Å²) in [6, 6.07) is 68.8. The molecule has 8 aromatic rings. The molecule has 0 fully saturated rings. The van der Waals surface area contributed by atoms with Gasteiger partial charge in [0.25, 0.3) is 0 Å². The van der Waals surface area contributed by atoms with Gasteiger partial charge in [0, 0.05) is 0 Å². The molecule has 54 heavy (non-hydrogen) atoms. The van der Waals surface area contributed by atoms with Crippen LogP contribution in [0, 0.1) is 41.5 Å². The highest BCUT2D eigenvalue weighted by atomic mass is 14.1. The highest BCUT2D eigenvalue weighted by molar-refractivity contribution is 5.81. The first-order valence-electron chi connectivity index (χ1n) is 18.9. The monoisotopic (exact) mass is 698 g/mol. The molecular formula is C54H50. The van der Waals surface area contributed by atoms with E-state index in [0.29, 0.717) is 0 Å². The van der Waals surface area contributed by atoms with Crippen LogP contribution in [0.5, 0.6) is 0 Å². The Bertz CT molecular complexity index is 2320. The van der Waals surface area contributed by atoms with Crippen molar-refractivity contribution < 1.29 is 0 Å². The quantitative estimate of drug-likeness (QED) is 0.168. The number of aryl methyl sites for hydroxylation is 6. The second kappa shape index (κ2) is 18.0. The number of benzene rings is 8. The maximum absolute atomic E-state index is 2.34. The fourth-order valence-corrected chi connectivity index (χ4v) is 6.82. The van der Waals surface area contributed by atoms with Gasteiger partial charge in [-0.05, 0) is 137 Å². The number of rotatable bonds is 5. The molecular weight excluding hydrogens is 649 g/mol. The van der Waals surface area contributed by atoms with E-state index in [1.54, 1.807) is 0 Å². The Hall–Kier alpha value is -6.24. The molecule has 0 unspecified atom stereocenters. The summed E-state index contributed by atoms with van der Waals surface area (Å²) in [7, 11) is 0. The van der Waals surface area contributed by atoms with Crippen LogP contribution in [0.25, 0.3) is 55.6 Å².